The first-order valence-corrected chi connectivity index (χ1v) is 6.42. The van der Waals surface area contributed by atoms with E-state index < -0.39 is 0 Å². The SMILES string of the molecule is CN1C(N)CNC2C3NCCNC3NCNC21. The van der Waals surface area contributed by atoms with E-state index in [1.807, 2.05) is 0 Å². The van der Waals surface area contributed by atoms with Crippen LogP contribution in [0.15, 0.2) is 0 Å². The van der Waals surface area contributed by atoms with Crippen molar-refractivity contribution in [3.05, 3.63) is 0 Å². The lowest BCUT2D eigenvalue weighted by Gasteiger charge is -2.47. The lowest BCUT2D eigenvalue weighted by Crippen LogP contribution is -2.75. The van der Waals surface area contributed by atoms with Crippen LogP contribution in [0, 0.1) is 0 Å². The summed E-state index contributed by atoms with van der Waals surface area (Å²) in [6.45, 7) is 3.67. The number of hydrogen-bond donors (Lipinski definition) is 6. The molecule has 0 aromatic heterocycles. The molecule has 7 heteroatoms. The zero-order valence-electron chi connectivity index (χ0n) is 10.2. The number of fused-ring (bicyclic) bond motifs is 3. The monoisotopic (exact) mass is 241 g/mol. The van der Waals surface area contributed by atoms with Gasteiger partial charge >= 0.3 is 0 Å². The zero-order chi connectivity index (χ0) is 11.8. The number of likely N-dealkylation sites (N-methyl/N-ethyl adjacent to an activating group) is 1. The second-order valence-electron chi connectivity index (χ2n) is 5.11. The first-order chi connectivity index (χ1) is 8.27. The third kappa shape index (κ3) is 2.08. The molecule has 5 unspecified atom stereocenters. The average Bonchev–Trinajstić information content (AvgIpc) is 2.54. The summed E-state index contributed by atoms with van der Waals surface area (Å²) in [6, 6.07) is 0.756. The number of piperazine rings is 2. The van der Waals surface area contributed by atoms with Crippen molar-refractivity contribution in [2.45, 2.75) is 30.6 Å². The highest BCUT2D eigenvalue weighted by atomic mass is 15.4. The van der Waals surface area contributed by atoms with Crippen LogP contribution in [0.25, 0.3) is 0 Å². The van der Waals surface area contributed by atoms with Crippen LogP contribution in [-0.4, -0.2) is 68.8 Å². The molecule has 0 saturated carbocycles. The van der Waals surface area contributed by atoms with Crippen LogP contribution in [0.2, 0.25) is 0 Å². The summed E-state index contributed by atoms with van der Waals surface area (Å²) in [6.07, 6.45) is 0.673. The fourth-order valence-corrected chi connectivity index (χ4v) is 3.08. The van der Waals surface area contributed by atoms with Gasteiger partial charge in [-0.15, -0.1) is 0 Å². The van der Waals surface area contributed by atoms with Gasteiger partial charge in [0.25, 0.3) is 0 Å². The Morgan fingerprint density at radius 3 is 2.71 bits per heavy atom. The summed E-state index contributed by atoms with van der Waals surface area (Å²) in [5.74, 6) is 0. The molecule has 0 aliphatic carbocycles. The van der Waals surface area contributed by atoms with Crippen LogP contribution in [-0.2, 0) is 0 Å². The standard InChI is InChI=1S/C10H23N7/c1-17-6(11)4-14-8-7-9(13-3-2-12-7)15-5-16-10(8)17/h6-10,12-16H,2-5,11H2,1H3. The second-order valence-corrected chi connectivity index (χ2v) is 5.11. The maximum absolute atomic E-state index is 6.07. The number of nitrogens with one attached hydrogen (secondary N) is 5. The van der Waals surface area contributed by atoms with Gasteiger partial charge in [0.1, 0.15) is 0 Å². The predicted octanol–water partition coefficient (Wildman–Crippen LogP) is -3.46. The highest BCUT2D eigenvalue weighted by Gasteiger charge is 2.43. The molecule has 0 radical (unpaired) electrons. The summed E-state index contributed by atoms with van der Waals surface area (Å²) in [5.41, 5.74) is 6.07. The van der Waals surface area contributed by atoms with Gasteiger partial charge in [-0.25, -0.2) is 0 Å². The van der Waals surface area contributed by atoms with Crippen molar-refractivity contribution < 1.29 is 0 Å². The van der Waals surface area contributed by atoms with E-state index in [0.717, 1.165) is 26.3 Å². The Bertz CT molecular complexity index is 271. The molecule has 3 rings (SSSR count). The maximum Gasteiger partial charge on any atom is 0.0792 e. The van der Waals surface area contributed by atoms with Gasteiger partial charge in [0, 0.05) is 26.3 Å². The van der Waals surface area contributed by atoms with Crippen molar-refractivity contribution in [3.8, 4) is 0 Å². The van der Waals surface area contributed by atoms with E-state index in [1.54, 1.807) is 0 Å². The lowest BCUT2D eigenvalue weighted by atomic mass is 9.98. The Morgan fingerprint density at radius 1 is 1.00 bits per heavy atom. The molecule has 3 aliphatic heterocycles. The van der Waals surface area contributed by atoms with Crippen LogP contribution in [0.3, 0.4) is 0 Å². The maximum atomic E-state index is 6.07. The minimum atomic E-state index is 0.0804. The third-order valence-electron chi connectivity index (χ3n) is 4.11. The molecule has 3 heterocycles. The third-order valence-corrected chi connectivity index (χ3v) is 4.11. The largest absolute Gasteiger partial charge is 0.315 e. The van der Waals surface area contributed by atoms with Gasteiger partial charge in [-0.05, 0) is 7.05 Å². The predicted molar refractivity (Wildman–Crippen MR) is 66.0 cm³/mol. The molecule has 0 amide bonds. The van der Waals surface area contributed by atoms with Crippen LogP contribution in [0.4, 0.5) is 0 Å². The summed E-state index contributed by atoms with van der Waals surface area (Å²) < 4.78 is 0. The minimum Gasteiger partial charge on any atom is -0.315 e. The molecule has 0 bridgehead atoms. The molecule has 5 atom stereocenters. The molecule has 98 valence electrons. The van der Waals surface area contributed by atoms with Crippen LogP contribution in [0.5, 0.6) is 0 Å². The Morgan fingerprint density at radius 2 is 1.82 bits per heavy atom. The van der Waals surface area contributed by atoms with Gasteiger partial charge in [0.05, 0.1) is 30.6 Å². The second kappa shape index (κ2) is 4.77. The fourth-order valence-electron chi connectivity index (χ4n) is 3.08. The highest BCUT2D eigenvalue weighted by molar-refractivity contribution is 5.03. The Labute approximate surface area is 102 Å². The van der Waals surface area contributed by atoms with Gasteiger partial charge in [-0.3, -0.25) is 20.9 Å². The molecule has 17 heavy (non-hydrogen) atoms. The summed E-state index contributed by atoms with van der Waals surface area (Å²) in [5, 5.41) is 17.7. The summed E-state index contributed by atoms with van der Waals surface area (Å²) in [7, 11) is 2.09. The van der Waals surface area contributed by atoms with Crippen molar-refractivity contribution in [1.82, 2.24) is 31.5 Å². The van der Waals surface area contributed by atoms with Crippen molar-refractivity contribution in [1.29, 1.82) is 0 Å². The van der Waals surface area contributed by atoms with E-state index in [4.69, 9.17) is 5.73 Å². The molecule has 3 saturated heterocycles. The van der Waals surface area contributed by atoms with Crippen LogP contribution < -0.4 is 32.3 Å². The highest BCUT2D eigenvalue weighted by Crippen LogP contribution is 2.15. The molecule has 0 spiro atoms. The van der Waals surface area contributed by atoms with Gasteiger partial charge in [0.2, 0.25) is 0 Å². The van der Waals surface area contributed by atoms with E-state index >= 15 is 0 Å². The summed E-state index contributed by atoms with van der Waals surface area (Å²) in [4.78, 5) is 2.22. The van der Waals surface area contributed by atoms with Gasteiger partial charge in [0.15, 0.2) is 0 Å². The van der Waals surface area contributed by atoms with Crippen molar-refractivity contribution in [2.24, 2.45) is 5.73 Å². The molecule has 7 nitrogen and oxygen atoms in total. The summed E-state index contributed by atoms with van der Waals surface area (Å²) >= 11 is 0. The first kappa shape index (κ1) is 11.8. The fraction of sp³-hybridized carbons (Fsp3) is 1.00. The van der Waals surface area contributed by atoms with E-state index in [9.17, 15) is 0 Å². The van der Waals surface area contributed by atoms with Gasteiger partial charge < -0.3 is 16.4 Å². The Hall–Kier alpha value is -0.280. The normalized spacial score (nSPS) is 48.0. The van der Waals surface area contributed by atoms with E-state index in [1.165, 1.54) is 0 Å². The zero-order valence-corrected chi connectivity index (χ0v) is 10.2. The molecule has 3 fully saturated rings. The van der Waals surface area contributed by atoms with E-state index in [0.29, 0.717) is 18.2 Å². The van der Waals surface area contributed by atoms with Crippen molar-refractivity contribution in [2.75, 3.05) is 33.4 Å². The molecular formula is C10H23N7. The van der Waals surface area contributed by atoms with Crippen molar-refractivity contribution in [3.63, 3.8) is 0 Å². The Balaban J connectivity index is 1.80. The number of rotatable bonds is 0. The van der Waals surface area contributed by atoms with Gasteiger partial charge in [-0.1, -0.05) is 0 Å². The van der Waals surface area contributed by atoms with Crippen LogP contribution >= 0.6 is 0 Å². The molecule has 7 N–H and O–H groups in total. The van der Waals surface area contributed by atoms with Crippen LogP contribution in [0.1, 0.15) is 0 Å². The smallest absolute Gasteiger partial charge is 0.0792 e. The Kier molecular flexibility index (Phi) is 3.31. The number of hydrogen-bond acceptors (Lipinski definition) is 7. The number of nitrogens with two attached hydrogens (primary N) is 1. The molecule has 3 aliphatic rings. The quantitative estimate of drug-likeness (QED) is 0.263. The van der Waals surface area contributed by atoms with E-state index in [-0.39, 0.29) is 12.3 Å². The lowest BCUT2D eigenvalue weighted by molar-refractivity contribution is 0.0567. The van der Waals surface area contributed by atoms with E-state index in [2.05, 4.69) is 38.5 Å². The van der Waals surface area contributed by atoms with Crippen molar-refractivity contribution >= 4 is 0 Å². The minimum absolute atomic E-state index is 0.0804. The first-order valence-electron chi connectivity index (χ1n) is 6.42. The number of nitrogens with zero attached hydrogens (tertiary/aromatic N) is 1. The van der Waals surface area contributed by atoms with Gasteiger partial charge in [-0.2, -0.15) is 0 Å². The molecule has 0 aromatic carbocycles. The topological polar surface area (TPSA) is 89.4 Å². The molecule has 0 aromatic rings. The molecular weight excluding hydrogens is 218 g/mol. The average molecular weight is 241 g/mol.